The van der Waals surface area contributed by atoms with E-state index in [1.54, 1.807) is 5.57 Å². The fourth-order valence-corrected chi connectivity index (χ4v) is 4.66. The van der Waals surface area contributed by atoms with Crippen LogP contribution in [0.25, 0.3) is 0 Å². The van der Waals surface area contributed by atoms with Gasteiger partial charge in [0.25, 0.3) is 0 Å². The molecule has 0 aromatic heterocycles. The second-order valence-electron chi connectivity index (χ2n) is 10.7. The van der Waals surface area contributed by atoms with Crippen LogP contribution in [0.2, 0.25) is 0 Å². The Bertz CT molecular complexity index is 420. The molecule has 0 rings (SSSR count). The molecule has 0 heterocycles. The molecule has 0 unspecified atom stereocenters. The molecule has 0 aromatic rings. The van der Waals surface area contributed by atoms with Gasteiger partial charge in [-0.2, -0.15) is 0 Å². The van der Waals surface area contributed by atoms with Gasteiger partial charge in [-0.25, -0.2) is 0 Å². The summed E-state index contributed by atoms with van der Waals surface area (Å²) in [6, 6.07) is 0. The predicted molar refractivity (Wildman–Crippen MR) is 153 cm³/mol. The average Bonchev–Trinajstić information content (AvgIpc) is 2.80. The van der Waals surface area contributed by atoms with Gasteiger partial charge < -0.3 is 4.90 Å². The largest absolute Gasteiger partial charge is 0.305 e. The van der Waals surface area contributed by atoms with Gasteiger partial charge in [0, 0.05) is 6.54 Å². The van der Waals surface area contributed by atoms with Crippen LogP contribution in [0.5, 0.6) is 0 Å². The van der Waals surface area contributed by atoms with E-state index in [-0.39, 0.29) is 0 Å². The van der Waals surface area contributed by atoms with Crippen molar-refractivity contribution < 1.29 is 0 Å². The van der Waals surface area contributed by atoms with Crippen molar-refractivity contribution in [1.29, 1.82) is 0 Å². The zero-order chi connectivity index (χ0) is 24.2. The first-order valence-electron chi connectivity index (χ1n) is 15.2. The van der Waals surface area contributed by atoms with E-state index in [0.717, 1.165) is 6.54 Å². The van der Waals surface area contributed by atoms with Crippen molar-refractivity contribution in [3.8, 4) is 0 Å². The molecule has 0 aromatic carbocycles. The van der Waals surface area contributed by atoms with Crippen molar-refractivity contribution in [3.05, 3.63) is 23.8 Å². The van der Waals surface area contributed by atoms with Crippen molar-refractivity contribution in [2.75, 3.05) is 20.6 Å². The summed E-state index contributed by atoms with van der Waals surface area (Å²) in [4.78, 5) is 2.34. The summed E-state index contributed by atoms with van der Waals surface area (Å²) in [6.07, 6.45) is 39.5. The number of hydrogen-bond acceptors (Lipinski definition) is 1. The van der Waals surface area contributed by atoms with Crippen LogP contribution >= 0.6 is 0 Å². The summed E-state index contributed by atoms with van der Waals surface area (Å²) in [6.45, 7) is 5.74. The van der Waals surface area contributed by atoms with Gasteiger partial charge in [0.05, 0.1) is 0 Å². The lowest BCUT2D eigenvalue weighted by Gasteiger charge is -2.14. The maximum absolute atomic E-state index is 2.58. The molecule has 0 N–H and O–H groups in total. The zero-order valence-corrected chi connectivity index (χ0v) is 23.6. The third-order valence-electron chi connectivity index (χ3n) is 6.77. The predicted octanol–water partition coefficient (Wildman–Crippen LogP) is 11.0. The summed E-state index contributed by atoms with van der Waals surface area (Å²) in [7, 11) is 4.42. The van der Waals surface area contributed by atoms with E-state index >= 15 is 0 Å². The second-order valence-corrected chi connectivity index (χ2v) is 10.7. The fraction of sp³-hybridized carbons (Fsp3) is 0.875. The van der Waals surface area contributed by atoms with Crippen LogP contribution in [-0.2, 0) is 0 Å². The molecule has 0 atom stereocenters. The van der Waals surface area contributed by atoms with Gasteiger partial charge in [0.1, 0.15) is 0 Å². The molecule has 1 heteroatoms. The number of unbranched alkanes of at least 4 members (excludes halogenated alkanes) is 19. The van der Waals surface area contributed by atoms with Crippen LogP contribution in [0.1, 0.15) is 162 Å². The molecular weight excluding hydrogens is 398 g/mol. The molecule has 0 saturated heterocycles. The number of nitrogens with zero attached hydrogens (tertiary/aromatic N) is 1. The summed E-state index contributed by atoms with van der Waals surface area (Å²) in [5, 5.41) is 0. The third kappa shape index (κ3) is 27.6. The highest BCUT2D eigenvalue weighted by Crippen LogP contribution is 2.16. The van der Waals surface area contributed by atoms with Gasteiger partial charge in [0.2, 0.25) is 0 Å². The lowest BCUT2D eigenvalue weighted by Crippen LogP contribution is -2.15. The molecule has 0 fully saturated rings. The van der Waals surface area contributed by atoms with Crippen LogP contribution in [0, 0.1) is 0 Å². The molecule has 33 heavy (non-hydrogen) atoms. The molecule has 0 saturated carbocycles. The molecule has 196 valence electrons. The van der Waals surface area contributed by atoms with E-state index in [4.69, 9.17) is 0 Å². The first-order chi connectivity index (χ1) is 16.2. The Morgan fingerprint density at radius 2 is 0.879 bits per heavy atom. The standard InChI is InChI=1S/C32H63N/c1-5-7-9-11-13-14-15-16-17-18-19-20-21-22-24-26-28-30-32(31-33(3)4)29-27-25-23-12-10-8-6-2/h13-14,30H,5-12,15-29,31H2,1-4H3/b14-13-,32-30?. The van der Waals surface area contributed by atoms with Crippen molar-refractivity contribution in [2.24, 2.45) is 0 Å². The average molecular weight is 462 g/mol. The van der Waals surface area contributed by atoms with Gasteiger partial charge in [0.15, 0.2) is 0 Å². The summed E-state index contributed by atoms with van der Waals surface area (Å²) in [5.74, 6) is 0. The Hall–Kier alpha value is -0.560. The Balaban J connectivity index is 3.57. The molecule has 0 radical (unpaired) electrons. The van der Waals surface area contributed by atoms with Crippen molar-refractivity contribution in [2.45, 2.75) is 162 Å². The Kier molecular flexibility index (Phi) is 27.2. The Morgan fingerprint density at radius 3 is 1.39 bits per heavy atom. The van der Waals surface area contributed by atoms with Gasteiger partial charge in [-0.05, 0) is 65.5 Å². The van der Waals surface area contributed by atoms with Crippen molar-refractivity contribution in [3.63, 3.8) is 0 Å². The monoisotopic (exact) mass is 461 g/mol. The van der Waals surface area contributed by atoms with E-state index in [2.05, 4.69) is 51.1 Å². The Labute approximate surface area is 210 Å². The summed E-state index contributed by atoms with van der Waals surface area (Å²) >= 11 is 0. The molecule has 1 nitrogen and oxygen atoms in total. The van der Waals surface area contributed by atoms with E-state index in [1.807, 2.05) is 0 Å². The zero-order valence-electron chi connectivity index (χ0n) is 23.6. The highest BCUT2D eigenvalue weighted by molar-refractivity contribution is 5.04. The lowest BCUT2D eigenvalue weighted by molar-refractivity contribution is 0.435. The molecule has 0 aliphatic heterocycles. The van der Waals surface area contributed by atoms with Crippen LogP contribution in [-0.4, -0.2) is 25.5 Å². The molecule has 0 aliphatic carbocycles. The smallest absolute Gasteiger partial charge is 0.0186 e. The molecular formula is C32H63N. The van der Waals surface area contributed by atoms with E-state index < -0.39 is 0 Å². The van der Waals surface area contributed by atoms with Gasteiger partial charge in [-0.3, -0.25) is 0 Å². The van der Waals surface area contributed by atoms with Gasteiger partial charge in [-0.15, -0.1) is 0 Å². The van der Waals surface area contributed by atoms with E-state index in [1.165, 1.54) is 148 Å². The van der Waals surface area contributed by atoms with Crippen LogP contribution < -0.4 is 0 Å². The SMILES string of the molecule is CCCCC/C=C\CCCCCCCCCCCC=C(CCCCCCCCC)CN(C)C. The molecule has 0 spiro atoms. The lowest BCUT2D eigenvalue weighted by atomic mass is 10.0. The molecule has 0 bridgehead atoms. The van der Waals surface area contributed by atoms with Crippen LogP contribution in [0.4, 0.5) is 0 Å². The number of allylic oxidation sites excluding steroid dienone is 3. The van der Waals surface area contributed by atoms with Crippen molar-refractivity contribution in [1.82, 2.24) is 4.90 Å². The maximum Gasteiger partial charge on any atom is 0.0186 e. The summed E-state index contributed by atoms with van der Waals surface area (Å²) < 4.78 is 0. The number of likely N-dealkylation sites (N-methyl/N-ethyl adjacent to an activating group) is 1. The topological polar surface area (TPSA) is 3.24 Å². The highest BCUT2D eigenvalue weighted by Gasteiger charge is 2.01. The molecule has 0 aliphatic rings. The molecule has 0 amide bonds. The van der Waals surface area contributed by atoms with E-state index in [9.17, 15) is 0 Å². The van der Waals surface area contributed by atoms with Crippen molar-refractivity contribution >= 4 is 0 Å². The number of rotatable bonds is 26. The minimum atomic E-state index is 1.16. The normalized spacial score (nSPS) is 12.5. The third-order valence-corrected chi connectivity index (χ3v) is 6.77. The fourth-order valence-electron chi connectivity index (χ4n) is 4.66. The first-order valence-corrected chi connectivity index (χ1v) is 15.2. The highest BCUT2D eigenvalue weighted by atomic mass is 15.0. The maximum atomic E-state index is 2.58. The summed E-state index contributed by atoms with van der Waals surface area (Å²) in [5.41, 5.74) is 1.68. The van der Waals surface area contributed by atoms with Crippen LogP contribution in [0.15, 0.2) is 23.8 Å². The Morgan fingerprint density at radius 1 is 0.485 bits per heavy atom. The van der Waals surface area contributed by atoms with Gasteiger partial charge in [-0.1, -0.05) is 134 Å². The quantitative estimate of drug-likeness (QED) is 0.0914. The second kappa shape index (κ2) is 27.7. The minimum absolute atomic E-state index is 1.16. The van der Waals surface area contributed by atoms with E-state index in [0.29, 0.717) is 0 Å². The van der Waals surface area contributed by atoms with Gasteiger partial charge >= 0.3 is 0 Å². The number of hydrogen-bond donors (Lipinski definition) is 0. The minimum Gasteiger partial charge on any atom is -0.305 e. The first kappa shape index (κ1) is 32.4. The van der Waals surface area contributed by atoms with Crippen LogP contribution in [0.3, 0.4) is 0 Å².